The second kappa shape index (κ2) is 5.44. The molecule has 2 rings (SSSR count). The molecule has 1 heterocycles. The molecule has 0 radical (unpaired) electrons. The maximum atomic E-state index is 4.41. The third-order valence-corrected chi connectivity index (χ3v) is 3.62. The van der Waals surface area contributed by atoms with Crippen molar-refractivity contribution in [2.45, 2.75) is 45.6 Å². The Hall–Kier alpha value is -0.890. The molecule has 1 aromatic rings. The van der Waals surface area contributed by atoms with Gasteiger partial charge in [0.2, 0.25) is 0 Å². The molecule has 1 aliphatic rings. The van der Waals surface area contributed by atoms with Gasteiger partial charge in [0.15, 0.2) is 0 Å². The largest absolute Gasteiger partial charge is 0.310 e. The van der Waals surface area contributed by atoms with Gasteiger partial charge in [-0.3, -0.25) is 4.98 Å². The highest BCUT2D eigenvalue weighted by molar-refractivity contribution is 5.23. The van der Waals surface area contributed by atoms with Crippen LogP contribution in [0.2, 0.25) is 0 Å². The van der Waals surface area contributed by atoms with Gasteiger partial charge in [-0.15, -0.1) is 0 Å². The predicted molar refractivity (Wildman–Crippen MR) is 67.3 cm³/mol. The molecule has 1 atom stereocenters. The average Bonchev–Trinajstić information content (AvgIpc) is 2.22. The fourth-order valence-corrected chi connectivity index (χ4v) is 2.43. The van der Waals surface area contributed by atoms with E-state index in [4.69, 9.17) is 0 Å². The maximum Gasteiger partial charge on any atom is 0.0420 e. The summed E-state index contributed by atoms with van der Waals surface area (Å²) in [6.45, 7) is 5.45. The third kappa shape index (κ3) is 2.43. The van der Waals surface area contributed by atoms with Crippen molar-refractivity contribution >= 4 is 0 Å². The summed E-state index contributed by atoms with van der Waals surface area (Å²) in [4.78, 5) is 4.41. The van der Waals surface area contributed by atoms with E-state index >= 15 is 0 Å². The fourth-order valence-electron chi connectivity index (χ4n) is 2.43. The van der Waals surface area contributed by atoms with E-state index < -0.39 is 0 Å². The summed E-state index contributed by atoms with van der Waals surface area (Å²) in [5.74, 6) is 0.828. The minimum Gasteiger partial charge on any atom is -0.310 e. The quantitative estimate of drug-likeness (QED) is 0.820. The van der Waals surface area contributed by atoms with Gasteiger partial charge >= 0.3 is 0 Å². The first-order valence-corrected chi connectivity index (χ1v) is 6.47. The second-order valence-corrected chi connectivity index (χ2v) is 4.80. The van der Waals surface area contributed by atoms with Crippen molar-refractivity contribution in [3.05, 3.63) is 29.6 Å². The molecule has 16 heavy (non-hydrogen) atoms. The Morgan fingerprint density at radius 3 is 2.88 bits per heavy atom. The molecule has 1 aliphatic carbocycles. The fraction of sp³-hybridized carbons (Fsp3) is 0.643. The summed E-state index contributed by atoms with van der Waals surface area (Å²) < 4.78 is 0. The Labute approximate surface area is 98.5 Å². The summed E-state index contributed by atoms with van der Waals surface area (Å²) in [7, 11) is 0. The van der Waals surface area contributed by atoms with Crippen LogP contribution in [0.4, 0.5) is 0 Å². The minimum atomic E-state index is 0.530. The first kappa shape index (κ1) is 11.6. The zero-order valence-electron chi connectivity index (χ0n) is 10.4. The number of hydrogen-bond acceptors (Lipinski definition) is 2. The van der Waals surface area contributed by atoms with Crippen molar-refractivity contribution in [3.63, 3.8) is 0 Å². The number of rotatable bonds is 5. The molecule has 0 spiro atoms. The summed E-state index contributed by atoms with van der Waals surface area (Å²) >= 11 is 0. The van der Waals surface area contributed by atoms with Crippen molar-refractivity contribution in [2.24, 2.45) is 5.92 Å². The minimum absolute atomic E-state index is 0.530. The first-order chi connectivity index (χ1) is 7.83. The number of hydrogen-bond donors (Lipinski definition) is 1. The van der Waals surface area contributed by atoms with E-state index in [1.807, 2.05) is 6.20 Å². The maximum absolute atomic E-state index is 4.41. The van der Waals surface area contributed by atoms with Crippen LogP contribution in [0.25, 0.3) is 0 Å². The molecule has 2 heteroatoms. The number of aromatic nitrogens is 1. The lowest BCUT2D eigenvalue weighted by atomic mass is 9.77. The summed E-state index contributed by atoms with van der Waals surface area (Å²) in [6.07, 6.45) is 7.22. The summed E-state index contributed by atoms with van der Waals surface area (Å²) in [5, 5.41) is 3.69. The van der Waals surface area contributed by atoms with E-state index in [1.54, 1.807) is 0 Å². The van der Waals surface area contributed by atoms with E-state index in [0.717, 1.165) is 12.5 Å². The molecular formula is C14H22N2. The molecule has 2 nitrogen and oxygen atoms in total. The molecular weight excluding hydrogens is 196 g/mol. The molecule has 0 bridgehead atoms. The van der Waals surface area contributed by atoms with Gasteiger partial charge in [-0.25, -0.2) is 0 Å². The van der Waals surface area contributed by atoms with Crippen LogP contribution >= 0.6 is 0 Å². The molecule has 1 saturated carbocycles. The topological polar surface area (TPSA) is 24.9 Å². The van der Waals surface area contributed by atoms with Gasteiger partial charge in [0.05, 0.1) is 0 Å². The van der Waals surface area contributed by atoms with Gasteiger partial charge in [0, 0.05) is 17.9 Å². The van der Waals surface area contributed by atoms with Crippen LogP contribution in [0, 0.1) is 12.8 Å². The lowest BCUT2D eigenvalue weighted by molar-refractivity contribution is 0.230. The Kier molecular flexibility index (Phi) is 3.94. The average molecular weight is 218 g/mol. The Balaban J connectivity index is 2.13. The number of nitrogens with zero attached hydrogens (tertiary/aromatic N) is 1. The number of aryl methyl sites for hydroxylation is 1. The number of nitrogens with one attached hydrogen (secondary N) is 1. The van der Waals surface area contributed by atoms with Crippen molar-refractivity contribution in [1.82, 2.24) is 10.3 Å². The summed E-state index contributed by atoms with van der Waals surface area (Å²) in [5.41, 5.74) is 2.59. The van der Waals surface area contributed by atoms with Crippen LogP contribution in [0.15, 0.2) is 18.3 Å². The molecule has 1 N–H and O–H groups in total. The molecule has 1 fully saturated rings. The zero-order chi connectivity index (χ0) is 11.4. The Morgan fingerprint density at radius 1 is 1.50 bits per heavy atom. The van der Waals surface area contributed by atoms with E-state index in [2.05, 4.69) is 36.3 Å². The van der Waals surface area contributed by atoms with E-state index in [9.17, 15) is 0 Å². The van der Waals surface area contributed by atoms with Gasteiger partial charge in [-0.2, -0.15) is 0 Å². The van der Waals surface area contributed by atoms with Crippen LogP contribution in [0.1, 0.15) is 49.9 Å². The van der Waals surface area contributed by atoms with Gasteiger partial charge < -0.3 is 5.32 Å². The normalized spacial score (nSPS) is 18.1. The van der Waals surface area contributed by atoms with Crippen LogP contribution < -0.4 is 5.32 Å². The SMILES string of the molecule is CCCNC(c1cccnc1C)C1CCC1. The van der Waals surface area contributed by atoms with Crippen LogP contribution in [0.5, 0.6) is 0 Å². The van der Waals surface area contributed by atoms with Crippen molar-refractivity contribution < 1.29 is 0 Å². The van der Waals surface area contributed by atoms with Gasteiger partial charge in [0.1, 0.15) is 0 Å². The predicted octanol–water partition coefficient (Wildman–Crippen LogP) is 3.23. The molecule has 88 valence electrons. The monoisotopic (exact) mass is 218 g/mol. The first-order valence-electron chi connectivity index (χ1n) is 6.47. The van der Waals surface area contributed by atoms with Crippen LogP contribution in [0.3, 0.4) is 0 Å². The highest BCUT2D eigenvalue weighted by atomic mass is 14.9. The highest BCUT2D eigenvalue weighted by Crippen LogP contribution is 2.38. The molecule has 1 aromatic heterocycles. The standard InChI is InChI=1S/C14H22N2/c1-3-9-16-14(12-6-4-7-12)13-8-5-10-15-11(13)2/h5,8,10,12,14,16H,3-4,6-7,9H2,1-2H3. The second-order valence-electron chi connectivity index (χ2n) is 4.80. The van der Waals surface area contributed by atoms with Gasteiger partial charge in [-0.1, -0.05) is 19.4 Å². The molecule has 0 amide bonds. The Bertz CT molecular complexity index is 331. The molecule has 0 aromatic carbocycles. The van der Waals surface area contributed by atoms with Crippen molar-refractivity contribution in [2.75, 3.05) is 6.54 Å². The number of pyridine rings is 1. The van der Waals surface area contributed by atoms with Gasteiger partial charge in [-0.05, 0) is 50.3 Å². The Morgan fingerprint density at radius 2 is 2.31 bits per heavy atom. The van der Waals surface area contributed by atoms with Crippen LogP contribution in [-0.2, 0) is 0 Å². The molecule has 0 aliphatic heterocycles. The van der Waals surface area contributed by atoms with E-state index in [0.29, 0.717) is 6.04 Å². The molecule has 1 unspecified atom stereocenters. The van der Waals surface area contributed by atoms with Crippen molar-refractivity contribution in [3.8, 4) is 0 Å². The smallest absolute Gasteiger partial charge is 0.0420 e. The summed E-state index contributed by atoms with van der Waals surface area (Å²) in [6, 6.07) is 4.82. The highest BCUT2D eigenvalue weighted by Gasteiger charge is 2.28. The zero-order valence-corrected chi connectivity index (χ0v) is 10.4. The lowest BCUT2D eigenvalue weighted by Crippen LogP contribution is -2.33. The molecule has 0 saturated heterocycles. The van der Waals surface area contributed by atoms with E-state index in [-0.39, 0.29) is 0 Å². The van der Waals surface area contributed by atoms with Crippen molar-refractivity contribution in [1.29, 1.82) is 0 Å². The van der Waals surface area contributed by atoms with Crippen LogP contribution in [-0.4, -0.2) is 11.5 Å². The third-order valence-electron chi connectivity index (χ3n) is 3.62. The lowest BCUT2D eigenvalue weighted by Gasteiger charge is -2.35. The van der Waals surface area contributed by atoms with E-state index in [1.165, 1.54) is 36.9 Å². The van der Waals surface area contributed by atoms with Gasteiger partial charge in [0.25, 0.3) is 0 Å².